The highest BCUT2D eigenvalue weighted by atomic mass is 16.7. The average Bonchev–Trinajstić information content (AvgIpc) is 0.794. The third-order valence-corrected chi connectivity index (χ3v) is 18.8. The lowest BCUT2D eigenvalue weighted by Gasteiger charge is -2.46. The second-order valence-corrected chi connectivity index (χ2v) is 27.5. The van der Waals surface area contributed by atoms with Crippen LogP contribution in [0.5, 0.6) is 0 Å². The lowest BCUT2D eigenvalue weighted by Crippen LogP contribution is -2.65. The number of hydrogen-bond donors (Lipinski definition) is 9. The van der Waals surface area contributed by atoms with Gasteiger partial charge in [0.15, 0.2) is 12.6 Å². The van der Waals surface area contributed by atoms with Crippen LogP contribution < -0.4 is 5.32 Å². The first-order valence-corrected chi connectivity index (χ1v) is 39.6. The monoisotopic (exact) mass is 1360 g/mol. The van der Waals surface area contributed by atoms with Crippen molar-refractivity contribution in [3.8, 4) is 0 Å². The van der Waals surface area contributed by atoms with E-state index >= 15 is 0 Å². The Bertz CT molecular complexity index is 2050. The zero-order chi connectivity index (χ0) is 70.1. The van der Waals surface area contributed by atoms with Gasteiger partial charge in [0.05, 0.1) is 32.0 Å². The second-order valence-electron chi connectivity index (χ2n) is 27.5. The summed E-state index contributed by atoms with van der Waals surface area (Å²) in [6, 6.07) is -0.837. The van der Waals surface area contributed by atoms with Crippen LogP contribution in [-0.2, 0) is 23.7 Å². The van der Waals surface area contributed by atoms with E-state index in [9.17, 15) is 45.6 Å². The minimum Gasteiger partial charge on any atom is -0.394 e. The van der Waals surface area contributed by atoms with Crippen molar-refractivity contribution in [2.75, 3.05) is 19.8 Å². The van der Waals surface area contributed by atoms with Gasteiger partial charge in [0.1, 0.15) is 48.8 Å². The highest BCUT2D eigenvalue weighted by Gasteiger charge is 2.51. The van der Waals surface area contributed by atoms with Crippen molar-refractivity contribution < 1.29 is 64.6 Å². The molecule has 12 unspecified atom stereocenters. The Morgan fingerprint density at radius 1 is 0.381 bits per heavy atom. The van der Waals surface area contributed by atoms with Crippen LogP contribution >= 0.6 is 0 Å². The van der Waals surface area contributed by atoms with Crippen LogP contribution in [0.25, 0.3) is 0 Å². The fourth-order valence-electron chi connectivity index (χ4n) is 12.5. The standard InChI is InChI=1S/C83H145NO13/c1-3-5-7-9-11-13-15-17-19-21-23-25-27-28-29-30-31-32-33-34-35-36-37-38-39-40-41-42-43-44-45-47-49-51-53-55-57-59-61-63-65-67-75(88)84-71(70-94-82-80(93)78(91)81(74(69-86)96-82)97-83-79(92)77(90)76(89)73(68-85)95-83)72(87)66-64-62-60-58-56-54-52-50-48-46-26-24-22-20-18-16-14-12-10-8-6-4-2/h5,7,11,13,17,19,23,25,28-29,31-32,34-35,37-38,40-41,71-74,76-83,85-87,89-93H,3-4,6,8-10,12,14-16,18,20-22,24,26-27,30,33,36,39,42-70H2,1-2H3,(H,84,88)/b7-5-,13-11-,19-17-,25-23-,29-28-,32-31-,35-34-,38-37-,41-40-. The molecular weight excluding hydrogens is 1220 g/mol. The minimum absolute atomic E-state index is 0.208. The van der Waals surface area contributed by atoms with E-state index in [-0.39, 0.29) is 12.5 Å². The van der Waals surface area contributed by atoms with E-state index in [0.717, 1.165) is 116 Å². The molecule has 14 nitrogen and oxygen atoms in total. The predicted octanol–water partition coefficient (Wildman–Crippen LogP) is 17.9. The van der Waals surface area contributed by atoms with Crippen LogP contribution in [0.2, 0.25) is 0 Å². The Morgan fingerprint density at radius 3 is 1.09 bits per heavy atom. The Morgan fingerprint density at radius 2 is 0.711 bits per heavy atom. The summed E-state index contributed by atoms with van der Waals surface area (Å²) in [7, 11) is 0. The number of carbonyl (C=O) groups excluding carboxylic acids is 1. The summed E-state index contributed by atoms with van der Waals surface area (Å²) < 4.78 is 23.0. The third kappa shape index (κ3) is 49.0. The van der Waals surface area contributed by atoms with Crippen molar-refractivity contribution in [2.24, 2.45) is 0 Å². The predicted molar refractivity (Wildman–Crippen MR) is 401 cm³/mol. The zero-order valence-corrected chi connectivity index (χ0v) is 61.3. The summed E-state index contributed by atoms with van der Waals surface area (Å²) >= 11 is 0. The molecule has 2 rings (SSSR count). The van der Waals surface area contributed by atoms with Crippen LogP contribution in [-0.4, -0.2) is 140 Å². The summed E-state index contributed by atoms with van der Waals surface area (Å²) in [4.78, 5) is 13.4. The zero-order valence-electron chi connectivity index (χ0n) is 61.3. The Kier molecular flexibility index (Phi) is 61.0. The number of unbranched alkanes of at least 4 members (excludes halogenated alkanes) is 34. The van der Waals surface area contributed by atoms with Crippen molar-refractivity contribution in [1.82, 2.24) is 5.32 Å². The van der Waals surface area contributed by atoms with Crippen molar-refractivity contribution in [2.45, 2.75) is 389 Å². The number of ether oxygens (including phenoxy) is 4. The molecule has 560 valence electrons. The van der Waals surface area contributed by atoms with E-state index in [1.165, 1.54) is 173 Å². The van der Waals surface area contributed by atoms with Gasteiger partial charge in [-0.2, -0.15) is 0 Å². The number of aliphatic hydroxyl groups is 8. The molecule has 0 spiro atoms. The molecule has 0 aromatic carbocycles. The van der Waals surface area contributed by atoms with E-state index in [1.807, 2.05) is 0 Å². The molecular formula is C83H145NO13. The second kappa shape index (κ2) is 65.9. The Hall–Kier alpha value is -3.35. The normalized spacial score (nSPS) is 22.7. The summed E-state index contributed by atoms with van der Waals surface area (Å²) in [5.41, 5.74) is 0. The number of carbonyl (C=O) groups is 1. The number of rotatable bonds is 65. The first kappa shape index (κ1) is 89.7. The van der Waals surface area contributed by atoms with Gasteiger partial charge in [-0.05, 0) is 83.5 Å². The van der Waals surface area contributed by atoms with E-state index in [1.54, 1.807) is 0 Å². The lowest BCUT2D eigenvalue weighted by molar-refractivity contribution is -0.359. The summed E-state index contributed by atoms with van der Waals surface area (Å²) in [5, 5.41) is 87.8. The molecule has 12 atom stereocenters. The molecule has 0 aromatic heterocycles. The van der Waals surface area contributed by atoms with Gasteiger partial charge >= 0.3 is 0 Å². The summed E-state index contributed by atoms with van der Waals surface area (Å²) in [6.07, 6.45) is 78.3. The van der Waals surface area contributed by atoms with E-state index < -0.39 is 86.8 Å². The fourth-order valence-corrected chi connectivity index (χ4v) is 12.5. The number of aliphatic hydroxyl groups excluding tert-OH is 8. The maximum Gasteiger partial charge on any atom is 0.220 e. The molecule has 14 heteroatoms. The van der Waals surface area contributed by atoms with Gasteiger partial charge in [-0.1, -0.05) is 335 Å². The molecule has 2 saturated heterocycles. The molecule has 2 aliphatic rings. The molecule has 0 aliphatic carbocycles. The van der Waals surface area contributed by atoms with Crippen molar-refractivity contribution in [3.63, 3.8) is 0 Å². The molecule has 0 radical (unpaired) electrons. The number of hydrogen-bond acceptors (Lipinski definition) is 13. The van der Waals surface area contributed by atoms with Crippen LogP contribution in [0.15, 0.2) is 109 Å². The SMILES string of the molecule is CC/C=C\C/C=C\C/C=C\C/C=C\C/C=C\C/C=C\C/C=C\C/C=C\C/C=C\CCCCCCCCCCCCCCCC(=O)NC(COC1OC(CO)C(OC2OC(CO)C(O)C(O)C2O)C(O)C1O)C(O)CCCCCCCCCCCCCCCCCCCCCCCC. The van der Waals surface area contributed by atoms with Crippen LogP contribution in [0.4, 0.5) is 0 Å². The van der Waals surface area contributed by atoms with Gasteiger partial charge in [0, 0.05) is 6.42 Å². The van der Waals surface area contributed by atoms with E-state index in [4.69, 9.17) is 18.9 Å². The number of nitrogens with one attached hydrogen (secondary N) is 1. The van der Waals surface area contributed by atoms with Gasteiger partial charge in [-0.3, -0.25) is 4.79 Å². The Labute approximate surface area is 591 Å². The van der Waals surface area contributed by atoms with Crippen molar-refractivity contribution in [3.05, 3.63) is 109 Å². The molecule has 2 heterocycles. The van der Waals surface area contributed by atoms with Gasteiger partial charge in [0.25, 0.3) is 0 Å². The van der Waals surface area contributed by atoms with E-state index in [2.05, 4.69) is 129 Å². The minimum atomic E-state index is -1.79. The summed E-state index contributed by atoms with van der Waals surface area (Å²) in [6.45, 7) is 2.78. The number of allylic oxidation sites excluding steroid dienone is 18. The molecule has 97 heavy (non-hydrogen) atoms. The molecule has 2 aliphatic heterocycles. The van der Waals surface area contributed by atoms with Gasteiger partial charge in [-0.25, -0.2) is 0 Å². The smallest absolute Gasteiger partial charge is 0.220 e. The number of amides is 1. The van der Waals surface area contributed by atoms with Gasteiger partial charge in [0.2, 0.25) is 5.91 Å². The van der Waals surface area contributed by atoms with E-state index in [0.29, 0.717) is 12.8 Å². The van der Waals surface area contributed by atoms with Gasteiger partial charge < -0.3 is 65.1 Å². The third-order valence-electron chi connectivity index (χ3n) is 18.8. The molecule has 2 fully saturated rings. The van der Waals surface area contributed by atoms with Gasteiger partial charge in [-0.15, -0.1) is 0 Å². The lowest BCUT2D eigenvalue weighted by atomic mass is 9.97. The maximum absolute atomic E-state index is 13.4. The van der Waals surface area contributed by atoms with Crippen LogP contribution in [0.1, 0.15) is 316 Å². The Balaban J connectivity index is 1.60. The molecule has 0 aromatic rings. The molecule has 9 N–H and O–H groups in total. The quantitative estimate of drug-likeness (QED) is 0.0204. The molecule has 0 saturated carbocycles. The van der Waals surface area contributed by atoms with Crippen LogP contribution in [0.3, 0.4) is 0 Å². The average molecular weight is 1370 g/mol. The molecule has 1 amide bonds. The first-order chi connectivity index (χ1) is 47.6. The van der Waals surface area contributed by atoms with Crippen molar-refractivity contribution >= 4 is 5.91 Å². The highest BCUT2D eigenvalue weighted by molar-refractivity contribution is 5.76. The summed E-state index contributed by atoms with van der Waals surface area (Å²) in [5.74, 6) is -0.208. The topological polar surface area (TPSA) is 228 Å². The molecule has 0 bridgehead atoms. The maximum atomic E-state index is 13.4. The largest absolute Gasteiger partial charge is 0.394 e. The first-order valence-electron chi connectivity index (χ1n) is 39.6. The fraction of sp³-hybridized carbons (Fsp3) is 0.771. The van der Waals surface area contributed by atoms with Crippen molar-refractivity contribution in [1.29, 1.82) is 0 Å². The van der Waals surface area contributed by atoms with Crippen LogP contribution in [0, 0.1) is 0 Å². The highest BCUT2D eigenvalue weighted by Crippen LogP contribution is 2.30.